The minimum absolute atomic E-state index is 0.120. The number of nitrogens with one attached hydrogen (secondary N) is 1. The first-order valence-electron chi connectivity index (χ1n) is 6.48. The summed E-state index contributed by atoms with van der Waals surface area (Å²) in [6.45, 7) is 3.06. The molecule has 1 atom stereocenters. The number of carbonyl (C=O) groups is 1. The highest BCUT2D eigenvalue weighted by molar-refractivity contribution is 7.99. The molecule has 0 radical (unpaired) electrons. The monoisotopic (exact) mass is 305 g/mol. The van der Waals surface area contributed by atoms with E-state index in [9.17, 15) is 14.3 Å². The summed E-state index contributed by atoms with van der Waals surface area (Å²) >= 11 is 1.44. The van der Waals surface area contributed by atoms with E-state index >= 15 is 0 Å². The SMILES string of the molecule is CC(=O)Nc1ccc(Sc2ccc(F)cc2[C@@H](C)O)cc1. The highest BCUT2D eigenvalue weighted by atomic mass is 32.2. The zero-order chi connectivity index (χ0) is 15.4. The predicted octanol–water partition coefficient (Wildman–Crippen LogP) is 3.99. The second kappa shape index (κ2) is 6.74. The van der Waals surface area contributed by atoms with E-state index in [0.29, 0.717) is 5.56 Å². The smallest absolute Gasteiger partial charge is 0.221 e. The molecule has 2 aromatic rings. The molecule has 0 aliphatic heterocycles. The second-order valence-electron chi connectivity index (χ2n) is 4.67. The third kappa shape index (κ3) is 4.31. The first kappa shape index (κ1) is 15.5. The van der Waals surface area contributed by atoms with Crippen molar-refractivity contribution >= 4 is 23.4 Å². The van der Waals surface area contributed by atoms with Crippen LogP contribution in [-0.4, -0.2) is 11.0 Å². The number of hydrogen-bond donors (Lipinski definition) is 2. The van der Waals surface area contributed by atoms with Crippen molar-refractivity contribution in [2.75, 3.05) is 5.32 Å². The van der Waals surface area contributed by atoms with Crippen molar-refractivity contribution in [2.45, 2.75) is 29.7 Å². The van der Waals surface area contributed by atoms with Gasteiger partial charge in [0.15, 0.2) is 0 Å². The van der Waals surface area contributed by atoms with E-state index in [-0.39, 0.29) is 11.7 Å². The van der Waals surface area contributed by atoms with Gasteiger partial charge in [0.05, 0.1) is 6.10 Å². The highest BCUT2D eigenvalue weighted by Gasteiger charge is 2.10. The van der Waals surface area contributed by atoms with Crippen molar-refractivity contribution in [3.05, 3.63) is 53.8 Å². The summed E-state index contributed by atoms with van der Waals surface area (Å²) in [7, 11) is 0. The zero-order valence-corrected chi connectivity index (χ0v) is 12.6. The number of halogens is 1. The fourth-order valence-corrected chi connectivity index (χ4v) is 2.88. The van der Waals surface area contributed by atoms with Crippen LogP contribution in [0.2, 0.25) is 0 Å². The summed E-state index contributed by atoms with van der Waals surface area (Å²) in [6, 6.07) is 11.7. The Morgan fingerprint density at radius 1 is 1.24 bits per heavy atom. The minimum atomic E-state index is -0.734. The lowest BCUT2D eigenvalue weighted by Gasteiger charge is -2.12. The van der Waals surface area contributed by atoms with Gasteiger partial charge in [-0.25, -0.2) is 4.39 Å². The maximum absolute atomic E-state index is 13.3. The Bertz CT molecular complexity index is 641. The summed E-state index contributed by atoms with van der Waals surface area (Å²) in [5, 5.41) is 12.4. The predicted molar refractivity (Wildman–Crippen MR) is 81.9 cm³/mol. The number of amides is 1. The van der Waals surface area contributed by atoms with E-state index in [0.717, 1.165) is 15.5 Å². The van der Waals surface area contributed by atoms with Crippen LogP contribution in [0.15, 0.2) is 52.3 Å². The number of rotatable bonds is 4. The lowest BCUT2D eigenvalue weighted by Crippen LogP contribution is -2.05. The van der Waals surface area contributed by atoms with Crippen LogP contribution in [0.3, 0.4) is 0 Å². The van der Waals surface area contributed by atoms with E-state index < -0.39 is 6.10 Å². The maximum atomic E-state index is 13.3. The molecule has 2 aromatic carbocycles. The number of aliphatic hydroxyl groups is 1. The van der Waals surface area contributed by atoms with Gasteiger partial charge in [-0.15, -0.1) is 0 Å². The Morgan fingerprint density at radius 3 is 2.48 bits per heavy atom. The maximum Gasteiger partial charge on any atom is 0.221 e. The molecule has 2 rings (SSSR count). The Kier molecular flexibility index (Phi) is 4.98. The molecule has 0 bridgehead atoms. The van der Waals surface area contributed by atoms with E-state index in [1.165, 1.54) is 30.8 Å². The third-order valence-electron chi connectivity index (χ3n) is 2.82. The molecule has 2 N–H and O–H groups in total. The van der Waals surface area contributed by atoms with Gasteiger partial charge in [-0.1, -0.05) is 11.8 Å². The average molecular weight is 305 g/mol. The summed E-state index contributed by atoms with van der Waals surface area (Å²) in [4.78, 5) is 12.7. The van der Waals surface area contributed by atoms with E-state index in [1.807, 2.05) is 12.1 Å². The van der Waals surface area contributed by atoms with E-state index in [2.05, 4.69) is 5.32 Å². The molecular formula is C16H16FNO2S. The fourth-order valence-electron chi connectivity index (χ4n) is 1.88. The van der Waals surface area contributed by atoms with Crippen LogP contribution < -0.4 is 5.32 Å². The number of carbonyl (C=O) groups excluding carboxylic acids is 1. The van der Waals surface area contributed by atoms with Crippen LogP contribution >= 0.6 is 11.8 Å². The molecule has 0 saturated carbocycles. The first-order valence-corrected chi connectivity index (χ1v) is 7.30. The summed E-state index contributed by atoms with van der Waals surface area (Å²) in [6.07, 6.45) is -0.734. The van der Waals surface area contributed by atoms with Crippen molar-refractivity contribution in [3.8, 4) is 0 Å². The summed E-state index contributed by atoms with van der Waals surface area (Å²) < 4.78 is 13.3. The van der Waals surface area contributed by atoms with Gasteiger partial charge in [0.25, 0.3) is 0 Å². The Balaban J connectivity index is 2.20. The molecule has 0 aliphatic carbocycles. The number of benzene rings is 2. The first-order chi connectivity index (χ1) is 9.95. The molecule has 0 unspecified atom stereocenters. The lowest BCUT2D eigenvalue weighted by molar-refractivity contribution is -0.114. The lowest BCUT2D eigenvalue weighted by atomic mass is 10.1. The van der Waals surface area contributed by atoms with Gasteiger partial charge in [0, 0.05) is 22.4 Å². The van der Waals surface area contributed by atoms with Crippen LogP contribution in [0, 0.1) is 5.82 Å². The van der Waals surface area contributed by atoms with Gasteiger partial charge in [-0.05, 0) is 55.0 Å². The molecule has 5 heteroatoms. The van der Waals surface area contributed by atoms with Crippen LogP contribution in [0.25, 0.3) is 0 Å². The average Bonchev–Trinajstić information content (AvgIpc) is 2.42. The summed E-state index contributed by atoms with van der Waals surface area (Å²) in [5.41, 5.74) is 1.28. The van der Waals surface area contributed by atoms with Crippen LogP contribution in [0.1, 0.15) is 25.5 Å². The number of aliphatic hydroxyl groups excluding tert-OH is 1. The van der Waals surface area contributed by atoms with Crippen molar-refractivity contribution < 1.29 is 14.3 Å². The minimum Gasteiger partial charge on any atom is -0.389 e. The van der Waals surface area contributed by atoms with Gasteiger partial charge in [0.2, 0.25) is 5.91 Å². The van der Waals surface area contributed by atoms with Crippen LogP contribution in [0.5, 0.6) is 0 Å². The van der Waals surface area contributed by atoms with Gasteiger partial charge in [-0.2, -0.15) is 0 Å². The largest absolute Gasteiger partial charge is 0.389 e. The molecule has 110 valence electrons. The molecule has 0 fully saturated rings. The quantitative estimate of drug-likeness (QED) is 0.898. The molecule has 0 saturated heterocycles. The molecule has 0 heterocycles. The molecule has 1 amide bonds. The zero-order valence-electron chi connectivity index (χ0n) is 11.8. The highest BCUT2D eigenvalue weighted by Crippen LogP contribution is 2.34. The molecule has 0 spiro atoms. The Hall–Kier alpha value is -1.85. The van der Waals surface area contributed by atoms with Crippen LogP contribution in [-0.2, 0) is 4.79 Å². The van der Waals surface area contributed by atoms with Crippen molar-refractivity contribution in [1.29, 1.82) is 0 Å². The van der Waals surface area contributed by atoms with Gasteiger partial charge >= 0.3 is 0 Å². The van der Waals surface area contributed by atoms with Crippen LogP contribution in [0.4, 0.5) is 10.1 Å². The molecule has 21 heavy (non-hydrogen) atoms. The van der Waals surface area contributed by atoms with Gasteiger partial charge < -0.3 is 10.4 Å². The third-order valence-corrected chi connectivity index (χ3v) is 3.92. The molecule has 0 aromatic heterocycles. The van der Waals surface area contributed by atoms with Crippen molar-refractivity contribution in [1.82, 2.24) is 0 Å². The topological polar surface area (TPSA) is 49.3 Å². The normalized spacial score (nSPS) is 12.0. The summed E-state index contributed by atoms with van der Waals surface area (Å²) in [5.74, 6) is -0.485. The van der Waals surface area contributed by atoms with Gasteiger partial charge in [-0.3, -0.25) is 4.79 Å². The molecule has 3 nitrogen and oxygen atoms in total. The number of hydrogen-bond acceptors (Lipinski definition) is 3. The number of anilines is 1. The van der Waals surface area contributed by atoms with E-state index in [1.54, 1.807) is 25.1 Å². The second-order valence-corrected chi connectivity index (χ2v) is 5.78. The Morgan fingerprint density at radius 2 is 1.90 bits per heavy atom. The van der Waals surface area contributed by atoms with E-state index in [4.69, 9.17) is 0 Å². The fraction of sp³-hybridized carbons (Fsp3) is 0.188. The molecular weight excluding hydrogens is 289 g/mol. The molecule has 0 aliphatic rings. The standard InChI is InChI=1S/C16H16FNO2S/c1-10(19)15-9-12(17)3-8-16(15)21-14-6-4-13(5-7-14)18-11(2)20/h3-10,19H,1-2H3,(H,18,20)/t10-/m1/s1. The van der Waals surface area contributed by atoms with Gasteiger partial charge in [0.1, 0.15) is 5.82 Å². The van der Waals surface area contributed by atoms with Crippen molar-refractivity contribution in [2.24, 2.45) is 0 Å². The van der Waals surface area contributed by atoms with Crippen molar-refractivity contribution in [3.63, 3.8) is 0 Å². The Labute approximate surface area is 127 Å².